The summed E-state index contributed by atoms with van der Waals surface area (Å²) in [5.41, 5.74) is 1.73. The number of nitrogens with one attached hydrogen (secondary N) is 1. The molecule has 0 aliphatic carbocycles. The number of hydrogen-bond donors (Lipinski definition) is 2. The first-order valence-corrected chi connectivity index (χ1v) is 7.68. The maximum atomic E-state index is 10.7. The third-order valence-electron chi connectivity index (χ3n) is 3.13. The van der Waals surface area contributed by atoms with Crippen molar-refractivity contribution in [2.75, 3.05) is 11.9 Å². The molecule has 2 N–H and O–H groups in total. The van der Waals surface area contributed by atoms with E-state index in [2.05, 4.69) is 24.3 Å². The number of anilines is 1. The highest BCUT2D eigenvalue weighted by Gasteiger charge is 2.11. The summed E-state index contributed by atoms with van der Waals surface area (Å²) in [5.74, 6) is 1.46. The van der Waals surface area contributed by atoms with Gasteiger partial charge >= 0.3 is 6.09 Å². The van der Waals surface area contributed by atoms with E-state index < -0.39 is 6.09 Å². The minimum atomic E-state index is -1.14. The van der Waals surface area contributed by atoms with Gasteiger partial charge in [-0.1, -0.05) is 25.4 Å². The predicted octanol–water partition coefficient (Wildman–Crippen LogP) is 4.02. The number of amides is 1. The van der Waals surface area contributed by atoms with Gasteiger partial charge in [-0.05, 0) is 31.0 Å². The fraction of sp³-hybridized carbons (Fsp3) is 0.375. The van der Waals surface area contributed by atoms with E-state index in [-0.39, 0.29) is 0 Å². The lowest BCUT2D eigenvalue weighted by molar-refractivity contribution is 0.209. The van der Waals surface area contributed by atoms with Gasteiger partial charge in [-0.2, -0.15) is 5.10 Å². The summed E-state index contributed by atoms with van der Waals surface area (Å²) < 4.78 is 7.54. The quantitative estimate of drug-likeness (QED) is 0.834. The van der Waals surface area contributed by atoms with Crippen LogP contribution in [0, 0.1) is 12.8 Å². The third kappa shape index (κ3) is 4.89. The van der Waals surface area contributed by atoms with Crippen molar-refractivity contribution in [3.8, 4) is 5.75 Å². The predicted molar refractivity (Wildman–Crippen MR) is 89.5 cm³/mol. The topological polar surface area (TPSA) is 76.4 Å². The molecule has 1 aromatic carbocycles. The van der Waals surface area contributed by atoms with Crippen LogP contribution in [0.25, 0.3) is 0 Å². The first kappa shape index (κ1) is 17.1. The second-order valence-corrected chi connectivity index (χ2v) is 6.15. The second-order valence-electron chi connectivity index (χ2n) is 5.72. The molecule has 0 radical (unpaired) electrons. The molecule has 0 saturated heterocycles. The van der Waals surface area contributed by atoms with Gasteiger partial charge < -0.3 is 9.84 Å². The molecule has 1 aromatic heterocycles. The maximum Gasteiger partial charge on any atom is 0.410 e. The summed E-state index contributed by atoms with van der Waals surface area (Å²) in [6.45, 7) is 7.08. The molecule has 0 fully saturated rings. The molecule has 0 atom stereocenters. The van der Waals surface area contributed by atoms with Crippen molar-refractivity contribution in [1.82, 2.24) is 9.78 Å². The normalized spacial score (nSPS) is 10.8. The molecule has 0 unspecified atom stereocenters. The summed E-state index contributed by atoms with van der Waals surface area (Å²) in [6, 6.07) is 7.14. The molecule has 1 heterocycles. The largest absolute Gasteiger partial charge is 0.493 e. The zero-order valence-corrected chi connectivity index (χ0v) is 14.1. The van der Waals surface area contributed by atoms with Crippen LogP contribution in [0.4, 0.5) is 10.6 Å². The van der Waals surface area contributed by atoms with E-state index >= 15 is 0 Å². The zero-order chi connectivity index (χ0) is 17.0. The maximum absolute atomic E-state index is 10.7. The number of carboxylic acid groups (broad SMARTS) is 1. The fourth-order valence-corrected chi connectivity index (χ4v) is 2.27. The molecule has 6 nitrogen and oxygen atoms in total. The van der Waals surface area contributed by atoms with Crippen molar-refractivity contribution < 1.29 is 14.6 Å². The lowest BCUT2D eigenvalue weighted by Gasteiger charge is -2.14. The summed E-state index contributed by atoms with van der Waals surface area (Å²) in [5, 5.41) is 15.9. The average Bonchev–Trinajstić information content (AvgIpc) is 2.76. The molecular formula is C16H20ClN3O3. The van der Waals surface area contributed by atoms with E-state index in [1.54, 1.807) is 16.8 Å². The second kappa shape index (κ2) is 7.37. The van der Waals surface area contributed by atoms with E-state index in [1.807, 2.05) is 19.1 Å². The third-order valence-corrected chi connectivity index (χ3v) is 3.37. The number of carbonyl (C=O) groups is 1. The monoisotopic (exact) mass is 337 g/mol. The first-order valence-electron chi connectivity index (χ1n) is 7.30. The Morgan fingerprint density at radius 1 is 1.43 bits per heavy atom. The molecule has 124 valence electrons. The molecule has 0 saturated carbocycles. The van der Waals surface area contributed by atoms with Crippen molar-refractivity contribution in [3.05, 3.63) is 40.5 Å². The molecule has 7 heteroatoms. The Morgan fingerprint density at radius 3 is 2.83 bits per heavy atom. The van der Waals surface area contributed by atoms with Crippen LogP contribution in [-0.2, 0) is 6.54 Å². The number of aryl methyl sites for hydroxylation is 1. The van der Waals surface area contributed by atoms with Crippen molar-refractivity contribution in [2.24, 2.45) is 5.92 Å². The highest BCUT2D eigenvalue weighted by Crippen LogP contribution is 2.25. The van der Waals surface area contributed by atoms with Gasteiger partial charge in [0.2, 0.25) is 0 Å². The van der Waals surface area contributed by atoms with Crippen LogP contribution in [0.1, 0.15) is 25.1 Å². The Hall–Kier alpha value is -2.21. The van der Waals surface area contributed by atoms with Gasteiger partial charge in [0.05, 0.1) is 13.2 Å². The minimum Gasteiger partial charge on any atom is -0.493 e. The summed E-state index contributed by atoms with van der Waals surface area (Å²) in [4.78, 5) is 10.7. The van der Waals surface area contributed by atoms with Crippen molar-refractivity contribution in [2.45, 2.75) is 27.3 Å². The van der Waals surface area contributed by atoms with E-state index in [1.165, 1.54) is 0 Å². The average molecular weight is 338 g/mol. The van der Waals surface area contributed by atoms with Crippen LogP contribution in [0.2, 0.25) is 5.02 Å². The summed E-state index contributed by atoms with van der Waals surface area (Å²) in [6.07, 6.45) is -1.14. The minimum absolute atomic E-state index is 0.293. The molecule has 0 bridgehead atoms. The molecule has 1 amide bonds. The SMILES string of the molecule is Cc1cc(NC(=O)O)nn1Cc1cc(Cl)ccc1OCC(C)C. The van der Waals surface area contributed by atoms with Gasteiger partial charge in [-0.3, -0.25) is 10.00 Å². The number of aromatic nitrogens is 2. The van der Waals surface area contributed by atoms with Gasteiger partial charge in [-0.25, -0.2) is 4.79 Å². The Morgan fingerprint density at radius 2 is 2.17 bits per heavy atom. The molecule has 0 spiro atoms. The van der Waals surface area contributed by atoms with Crippen LogP contribution in [0.15, 0.2) is 24.3 Å². The van der Waals surface area contributed by atoms with Gasteiger partial charge in [-0.15, -0.1) is 0 Å². The van der Waals surface area contributed by atoms with E-state index in [4.69, 9.17) is 21.4 Å². The Bertz CT molecular complexity index is 698. The highest BCUT2D eigenvalue weighted by atomic mass is 35.5. The van der Waals surface area contributed by atoms with E-state index in [0.29, 0.717) is 29.9 Å². The molecule has 2 rings (SSSR count). The first-order chi connectivity index (χ1) is 10.8. The molecular weight excluding hydrogens is 318 g/mol. The van der Waals surface area contributed by atoms with Crippen molar-refractivity contribution >= 4 is 23.5 Å². The summed E-state index contributed by atoms with van der Waals surface area (Å²) in [7, 11) is 0. The van der Waals surface area contributed by atoms with Gasteiger partial charge in [0.15, 0.2) is 5.82 Å². The molecule has 0 aliphatic heterocycles. The number of halogens is 1. The molecule has 2 aromatic rings. The lowest BCUT2D eigenvalue weighted by Crippen LogP contribution is -2.11. The number of nitrogens with zero attached hydrogens (tertiary/aromatic N) is 2. The van der Waals surface area contributed by atoms with E-state index in [9.17, 15) is 4.79 Å². The Labute approximate surface area is 140 Å². The van der Waals surface area contributed by atoms with Crippen LogP contribution in [0.3, 0.4) is 0 Å². The number of ether oxygens (including phenoxy) is 1. The smallest absolute Gasteiger partial charge is 0.410 e. The standard InChI is InChI=1S/C16H20ClN3O3/c1-10(2)9-23-14-5-4-13(17)7-12(14)8-20-11(3)6-15(19-20)18-16(21)22/h4-7,10H,8-9H2,1-3H3,(H,18,19)(H,21,22). The zero-order valence-electron chi connectivity index (χ0n) is 13.3. The van der Waals surface area contributed by atoms with E-state index in [0.717, 1.165) is 17.0 Å². The van der Waals surface area contributed by atoms with Crippen molar-refractivity contribution in [3.63, 3.8) is 0 Å². The molecule has 23 heavy (non-hydrogen) atoms. The van der Waals surface area contributed by atoms with Crippen LogP contribution in [0.5, 0.6) is 5.75 Å². The van der Waals surface area contributed by atoms with Crippen molar-refractivity contribution in [1.29, 1.82) is 0 Å². The highest BCUT2D eigenvalue weighted by molar-refractivity contribution is 6.30. The fourth-order valence-electron chi connectivity index (χ4n) is 2.07. The number of rotatable bonds is 6. The Balaban J connectivity index is 2.23. The van der Waals surface area contributed by atoms with Crippen LogP contribution >= 0.6 is 11.6 Å². The van der Waals surface area contributed by atoms with Gasteiger partial charge in [0.25, 0.3) is 0 Å². The number of benzene rings is 1. The Kier molecular flexibility index (Phi) is 5.50. The van der Waals surface area contributed by atoms with Gasteiger partial charge in [0, 0.05) is 22.3 Å². The lowest BCUT2D eigenvalue weighted by atomic mass is 10.2. The van der Waals surface area contributed by atoms with Gasteiger partial charge in [0.1, 0.15) is 5.75 Å². The molecule has 0 aliphatic rings. The summed E-state index contributed by atoms with van der Waals surface area (Å²) >= 11 is 6.08. The number of hydrogen-bond acceptors (Lipinski definition) is 3. The van der Waals surface area contributed by atoms with Crippen LogP contribution in [-0.4, -0.2) is 27.6 Å². The van der Waals surface area contributed by atoms with Crippen LogP contribution < -0.4 is 10.1 Å².